The van der Waals surface area contributed by atoms with E-state index in [1.807, 2.05) is 18.2 Å². The van der Waals surface area contributed by atoms with Crippen molar-refractivity contribution in [3.63, 3.8) is 0 Å². The monoisotopic (exact) mass is 456 g/mol. The van der Waals surface area contributed by atoms with Gasteiger partial charge in [0.05, 0.1) is 6.54 Å². The number of aromatic nitrogens is 4. The number of hydrogen-bond acceptors (Lipinski definition) is 5. The van der Waals surface area contributed by atoms with Gasteiger partial charge in [0.2, 0.25) is 5.95 Å². The van der Waals surface area contributed by atoms with Gasteiger partial charge in [0.1, 0.15) is 11.1 Å². The first-order valence-corrected chi connectivity index (χ1v) is 11.6. The molecule has 0 radical (unpaired) electrons. The molecule has 2 N–H and O–H groups in total. The van der Waals surface area contributed by atoms with E-state index in [2.05, 4.69) is 39.3 Å². The Balaban J connectivity index is 1.47. The minimum Gasteiger partial charge on any atom is -0.324 e. The van der Waals surface area contributed by atoms with Gasteiger partial charge in [0.25, 0.3) is 5.56 Å². The smallest absolute Gasteiger partial charge is 0.278 e. The van der Waals surface area contributed by atoms with Gasteiger partial charge in [0, 0.05) is 18.4 Å². The van der Waals surface area contributed by atoms with Gasteiger partial charge >= 0.3 is 0 Å². The SMILES string of the molecule is C=CCn1c(=O)c2cnc(Nc3ccc4c(c3)CCNC4)nc2n1-c1cccc(C2CC2)c1F. The van der Waals surface area contributed by atoms with Crippen LogP contribution >= 0.6 is 0 Å². The highest BCUT2D eigenvalue weighted by Crippen LogP contribution is 2.42. The van der Waals surface area contributed by atoms with Crippen molar-refractivity contribution >= 4 is 22.7 Å². The van der Waals surface area contributed by atoms with Crippen LogP contribution in [0.1, 0.15) is 35.4 Å². The van der Waals surface area contributed by atoms with Crippen molar-refractivity contribution in [2.24, 2.45) is 0 Å². The number of rotatable bonds is 6. The molecule has 172 valence electrons. The van der Waals surface area contributed by atoms with Gasteiger partial charge in [-0.2, -0.15) is 4.98 Å². The molecule has 4 aromatic rings. The first-order valence-electron chi connectivity index (χ1n) is 11.6. The molecular weight excluding hydrogens is 431 g/mol. The van der Waals surface area contributed by atoms with E-state index in [0.29, 0.717) is 28.2 Å². The Morgan fingerprint density at radius 1 is 1.24 bits per heavy atom. The zero-order chi connectivity index (χ0) is 23.2. The van der Waals surface area contributed by atoms with Crippen molar-refractivity contribution in [1.29, 1.82) is 0 Å². The summed E-state index contributed by atoms with van der Waals surface area (Å²) in [6.45, 7) is 5.81. The van der Waals surface area contributed by atoms with Crippen molar-refractivity contribution in [3.8, 4) is 5.69 Å². The van der Waals surface area contributed by atoms with Gasteiger partial charge in [-0.25, -0.2) is 18.7 Å². The average molecular weight is 457 g/mol. The Morgan fingerprint density at radius 2 is 2.12 bits per heavy atom. The van der Waals surface area contributed by atoms with Gasteiger partial charge in [-0.15, -0.1) is 6.58 Å². The van der Waals surface area contributed by atoms with Gasteiger partial charge in [-0.3, -0.25) is 4.79 Å². The quantitative estimate of drug-likeness (QED) is 0.426. The number of halogens is 1. The first-order chi connectivity index (χ1) is 16.6. The molecule has 1 aliphatic heterocycles. The summed E-state index contributed by atoms with van der Waals surface area (Å²) in [5.74, 6) is 0.285. The zero-order valence-electron chi connectivity index (χ0n) is 18.7. The van der Waals surface area contributed by atoms with Crippen LogP contribution in [-0.2, 0) is 19.5 Å². The van der Waals surface area contributed by atoms with E-state index in [1.165, 1.54) is 22.0 Å². The van der Waals surface area contributed by atoms with Crippen molar-refractivity contribution in [3.05, 3.63) is 88.1 Å². The predicted octanol–water partition coefficient (Wildman–Crippen LogP) is 4.17. The molecule has 2 aromatic carbocycles. The summed E-state index contributed by atoms with van der Waals surface area (Å²) in [6, 6.07) is 11.5. The largest absolute Gasteiger partial charge is 0.324 e. The number of allylic oxidation sites excluding steroid dienone is 1. The van der Waals surface area contributed by atoms with Crippen LogP contribution < -0.4 is 16.2 Å². The van der Waals surface area contributed by atoms with Gasteiger partial charge in [-0.05, 0) is 66.6 Å². The molecule has 34 heavy (non-hydrogen) atoms. The molecule has 1 saturated carbocycles. The van der Waals surface area contributed by atoms with E-state index in [1.54, 1.807) is 16.8 Å². The summed E-state index contributed by atoms with van der Waals surface area (Å²) >= 11 is 0. The third-order valence-corrected chi connectivity index (χ3v) is 6.58. The van der Waals surface area contributed by atoms with E-state index in [0.717, 1.165) is 38.0 Å². The van der Waals surface area contributed by atoms with E-state index >= 15 is 4.39 Å². The Bertz CT molecular complexity index is 1480. The number of nitrogens with zero attached hydrogens (tertiary/aromatic N) is 4. The normalized spacial score (nSPS) is 15.3. The molecular formula is C26H25FN6O. The highest BCUT2D eigenvalue weighted by atomic mass is 19.1. The number of fused-ring (bicyclic) bond motifs is 2. The van der Waals surface area contributed by atoms with Gasteiger partial charge in [0.15, 0.2) is 11.5 Å². The number of anilines is 2. The Hall–Kier alpha value is -3.78. The highest BCUT2D eigenvalue weighted by molar-refractivity contribution is 5.77. The maximum Gasteiger partial charge on any atom is 0.278 e. The molecule has 8 heteroatoms. The fraction of sp³-hybridized carbons (Fsp3) is 0.269. The summed E-state index contributed by atoms with van der Waals surface area (Å²) in [5, 5.41) is 6.96. The molecule has 0 atom stereocenters. The maximum atomic E-state index is 15.6. The van der Waals surface area contributed by atoms with Crippen LogP contribution in [0.2, 0.25) is 0 Å². The summed E-state index contributed by atoms with van der Waals surface area (Å²) in [7, 11) is 0. The van der Waals surface area contributed by atoms with Crippen LogP contribution in [0.25, 0.3) is 16.7 Å². The van der Waals surface area contributed by atoms with Crippen LogP contribution in [0.15, 0.2) is 60.0 Å². The maximum absolute atomic E-state index is 15.6. The van der Waals surface area contributed by atoms with Crippen molar-refractivity contribution < 1.29 is 4.39 Å². The molecule has 3 heterocycles. The number of nitrogens with one attached hydrogen (secondary N) is 2. The summed E-state index contributed by atoms with van der Waals surface area (Å²) < 4.78 is 18.6. The number of benzene rings is 2. The van der Waals surface area contributed by atoms with E-state index in [4.69, 9.17) is 0 Å². The Kier molecular flexibility index (Phi) is 5.03. The van der Waals surface area contributed by atoms with Crippen LogP contribution in [-0.4, -0.2) is 25.9 Å². The van der Waals surface area contributed by atoms with Gasteiger partial charge in [-0.1, -0.05) is 24.3 Å². The van der Waals surface area contributed by atoms with Crippen molar-refractivity contribution in [2.75, 3.05) is 11.9 Å². The molecule has 0 bridgehead atoms. The molecule has 2 aliphatic rings. The summed E-state index contributed by atoms with van der Waals surface area (Å²) in [5.41, 5.74) is 4.53. The molecule has 1 fully saturated rings. The minimum absolute atomic E-state index is 0.226. The molecule has 0 saturated heterocycles. The predicted molar refractivity (Wildman–Crippen MR) is 130 cm³/mol. The fourth-order valence-corrected chi connectivity index (χ4v) is 4.71. The van der Waals surface area contributed by atoms with Crippen LogP contribution in [0.5, 0.6) is 0 Å². The molecule has 0 spiro atoms. The lowest BCUT2D eigenvalue weighted by molar-refractivity contribution is 0.554. The zero-order valence-corrected chi connectivity index (χ0v) is 18.7. The lowest BCUT2D eigenvalue weighted by Gasteiger charge is -2.18. The highest BCUT2D eigenvalue weighted by Gasteiger charge is 2.29. The first kappa shape index (κ1) is 20.8. The summed E-state index contributed by atoms with van der Waals surface area (Å²) in [6.07, 6.45) is 6.06. The van der Waals surface area contributed by atoms with E-state index in [9.17, 15) is 4.79 Å². The van der Waals surface area contributed by atoms with Crippen molar-refractivity contribution in [2.45, 2.75) is 38.3 Å². The molecule has 6 rings (SSSR count). The third-order valence-electron chi connectivity index (χ3n) is 6.58. The molecule has 1 aliphatic carbocycles. The second-order valence-electron chi connectivity index (χ2n) is 8.91. The van der Waals surface area contributed by atoms with Crippen LogP contribution in [0.4, 0.5) is 16.0 Å². The third kappa shape index (κ3) is 3.51. The number of hydrogen-bond donors (Lipinski definition) is 2. The second kappa shape index (κ2) is 8.22. The Morgan fingerprint density at radius 3 is 2.94 bits per heavy atom. The molecule has 0 unspecified atom stereocenters. The van der Waals surface area contributed by atoms with E-state index < -0.39 is 0 Å². The van der Waals surface area contributed by atoms with Crippen LogP contribution in [0.3, 0.4) is 0 Å². The Labute approximate surface area is 195 Å². The van der Waals surface area contributed by atoms with E-state index in [-0.39, 0.29) is 23.8 Å². The van der Waals surface area contributed by atoms with Gasteiger partial charge < -0.3 is 10.6 Å². The molecule has 7 nitrogen and oxygen atoms in total. The summed E-state index contributed by atoms with van der Waals surface area (Å²) in [4.78, 5) is 22.2. The average Bonchev–Trinajstić information content (AvgIpc) is 3.66. The lowest BCUT2D eigenvalue weighted by Crippen LogP contribution is -2.23. The fourth-order valence-electron chi connectivity index (χ4n) is 4.71. The lowest BCUT2D eigenvalue weighted by atomic mass is 10.0. The van der Waals surface area contributed by atoms with Crippen molar-refractivity contribution in [1.82, 2.24) is 24.6 Å². The topological polar surface area (TPSA) is 76.8 Å². The van der Waals surface area contributed by atoms with Crippen LogP contribution in [0, 0.1) is 5.82 Å². The standard InChI is InChI=1S/C26H25FN6O/c1-2-12-32-25(34)21-15-29-26(30-19-9-8-18-14-28-11-10-17(18)13-19)31-24(21)33(32)22-5-3-4-20(23(22)27)16-6-7-16/h2-5,8-9,13,15-16,28H,1,6-7,10-12,14H2,(H,29,30,31). The minimum atomic E-state index is -0.309. The molecule has 0 amide bonds. The molecule has 2 aromatic heterocycles. The second-order valence-corrected chi connectivity index (χ2v) is 8.91.